The molecule has 1 aromatic carbocycles. The molecule has 1 unspecified atom stereocenters. The van der Waals surface area contributed by atoms with Crippen molar-refractivity contribution < 1.29 is 28.9 Å². The van der Waals surface area contributed by atoms with Gasteiger partial charge in [0, 0.05) is 11.8 Å². The number of rotatable bonds is 5. The number of phenols is 1. The third kappa shape index (κ3) is 3.53. The summed E-state index contributed by atoms with van der Waals surface area (Å²) in [5.41, 5.74) is 1.45. The van der Waals surface area contributed by atoms with E-state index in [-0.39, 0.29) is 17.2 Å². The van der Waals surface area contributed by atoms with Crippen molar-refractivity contribution in [3.63, 3.8) is 0 Å². The van der Waals surface area contributed by atoms with Crippen LogP contribution in [0.1, 0.15) is 23.8 Å². The normalized spacial score (nSPS) is 12.8. The van der Waals surface area contributed by atoms with Crippen LogP contribution in [-0.4, -0.2) is 34.1 Å². The van der Waals surface area contributed by atoms with Crippen molar-refractivity contribution in [2.45, 2.75) is 19.5 Å². The minimum atomic E-state index is -4.26. The van der Waals surface area contributed by atoms with Crippen LogP contribution >= 0.6 is 7.60 Å². The number of ether oxygens (including phenoxy) is 2. The van der Waals surface area contributed by atoms with Gasteiger partial charge in [-0.2, -0.15) is 0 Å². The Morgan fingerprint density at radius 3 is 2.04 bits per heavy atom. The second kappa shape index (κ2) is 6.81. The van der Waals surface area contributed by atoms with Crippen molar-refractivity contribution in [2.24, 2.45) is 0 Å². The lowest BCUT2D eigenvalue weighted by molar-refractivity contribution is 0.340. The van der Waals surface area contributed by atoms with Gasteiger partial charge in [0.15, 0.2) is 11.5 Å². The summed E-state index contributed by atoms with van der Waals surface area (Å²) < 4.78 is 21.7. The van der Waals surface area contributed by atoms with E-state index in [1.807, 2.05) is 0 Å². The van der Waals surface area contributed by atoms with E-state index in [4.69, 9.17) is 9.47 Å². The lowest BCUT2D eigenvalue weighted by Crippen LogP contribution is -2.01. The van der Waals surface area contributed by atoms with Gasteiger partial charge in [-0.1, -0.05) is 0 Å². The molecule has 24 heavy (non-hydrogen) atoms. The molecule has 0 aliphatic carbocycles. The van der Waals surface area contributed by atoms with Gasteiger partial charge in [-0.05, 0) is 43.2 Å². The maximum Gasteiger partial charge on any atom is 0.334 e. The van der Waals surface area contributed by atoms with Gasteiger partial charge in [-0.25, -0.2) is 0 Å². The van der Waals surface area contributed by atoms with Crippen LogP contribution in [0.3, 0.4) is 0 Å². The summed E-state index contributed by atoms with van der Waals surface area (Å²) in [7, 11) is -1.39. The van der Waals surface area contributed by atoms with Gasteiger partial charge in [0.1, 0.15) is 5.66 Å². The minimum Gasteiger partial charge on any atom is -0.502 e. The third-order valence-electron chi connectivity index (χ3n) is 3.83. The van der Waals surface area contributed by atoms with Gasteiger partial charge in [0.2, 0.25) is 5.75 Å². The average molecular weight is 353 g/mol. The first kappa shape index (κ1) is 18.3. The number of pyridine rings is 1. The summed E-state index contributed by atoms with van der Waals surface area (Å²) >= 11 is 0. The van der Waals surface area contributed by atoms with Gasteiger partial charge in [0.05, 0.1) is 19.9 Å². The molecule has 0 spiro atoms. The van der Waals surface area contributed by atoms with Crippen molar-refractivity contribution in [3.05, 3.63) is 35.7 Å². The Bertz CT molecular complexity index is 776. The second-order valence-electron chi connectivity index (χ2n) is 5.42. The van der Waals surface area contributed by atoms with Crippen LogP contribution in [0.4, 0.5) is 0 Å². The molecule has 8 heteroatoms. The minimum absolute atomic E-state index is 0.0971. The van der Waals surface area contributed by atoms with Crippen molar-refractivity contribution in [1.29, 1.82) is 0 Å². The van der Waals surface area contributed by atoms with Crippen LogP contribution in [0, 0.1) is 6.92 Å². The van der Waals surface area contributed by atoms with Gasteiger partial charge < -0.3 is 24.4 Å². The summed E-state index contributed by atoms with van der Waals surface area (Å²) in [6.45, 7) is 3.19. The Balaban J connectivity index is 2.52. The molecule has 130 valence electrons. The zero-order valence-electron chi connectivity index (χ0n) is 13.8. The highest BCUT2D eigenvalue weighted by Gasteiger charge is 2.28. The molecule has 0 amide bonds. The quantitative estimate of drug-likeness (QED) is 0.709. The van der Waals surface area contributed by atoms with E-state index in [1.54, 1.807) is 25.1 Å². The molecule has 7 nitrogen and oxygen atoms in total. The topological polar surface area (TPSA) is 109 Å². The second-order valence-corrected chi connectivity index (χ2v) is 7.37. The van der Waals surface area contributed by atoms with Crippen molar-refractivity contribution in [2.75, 3.05) is 14.2 Å². The van der Waals surface area contributed by atoms with E-state index in [2.05, 4.69) is 4.98 Å². The molecular formula is C16H20NO6P. The Kier molecular flexibility index (Phi) is 5.18. The fourth-order valence-electron chi connectivity index (χ4n) is 2.40. The fourth-order valence-corrected chi connectivity index (χ4v) is 2.99. The monoisotopic (exact) mass is 353 g/mol. The molecule has 1 atom stereocenters. The largest absolute Gasteiger partial charge is 0.502 e. The number of phenolic OH excluding ortho intramolecular Hbond substituents is 1. The lowest BCUT2D eigenvalue weighted by Gasteiger charge is -2.16. The van der Waals surface area contributed by atoms with E-state index in [9.17, 15) is 19.5 Å². The lowest BCUT2D eigenvalue weighted by atomic mass is 10.0. The number of hydrogen-bond acceptors (Lipinski definition) is 5. The standard InChI is InChI=1S/C16H20NO6P/c1-9-5-12(8-17-15(9)10(2)24(19,20)21)11-6-13(22-3)16(18)14(7-11)23-4/h5-8,10,18H,1-4H3,(H2,19,20,21). The van der Waals surface area contributed by atoms with Crippen LogP contribution in [0.25, 0.3) is 11.1 Å². The van der Waals surface area contributed by atoms with Crippen molar-refractivity contribution in [1.82, 2.24) is 4.98 Å². The number of benzene rings is 1. The van der Waals surface area contributed by atoms with Gasteiger partial charge in [0.25, 0.3) is 0 Å². The average Bonchev–Trinajstić information content (AvgIpc) is 2.53. The molecule has 0 fully saturated rings. The van der Waals surface area contributed by atoms with Crippen LogP contribution < -0.4 is 9.47 Å². The molecule has 2 aromatic rings. The molecule has 0 saturated heterocycles. The molecule has 1 aromatic heterocycles. The molecule has 1 heterocycles. The summed E-state index contributed by atoms with van der Waals surface area (Å²) in [6.07, 6.45) is 1.53. The number of nitrogens with zero attached hydrogens (tertiary/aromatic N) is 1. The highest BCUT2D eigenvalue weighted by Crippen LogP contribution is 2.51. The number of aromatic hydroxyl groups is 1. The van der Waals surface area contributed by atoms with E-state index in [0.29, 0.717) is 22.4 Å². The highest BCUT2D eigenvalue weighted by atomic mass is 31.2. The smallest absolute Gasteiger partial charge is 0.334 e. The molecule has 0 aliphatic heterocycles. The molecule has 0 radical (unpaired) electrons. The molecule has 0 saturated carbocycles. The number of methoxy groups -OCH3 is 2. The Morgan fingerprint density at radius 2 is 1.62 bits per heavy atom. The van der Waals surface area contributed by atoms with Crippen LogP contribution in [0.15, 0.2) is 24.4 Å². The summed E-state index contributed by atoms with van der Waals surface area (Å²) in [6, 6.07) is 5.06. The van der Waals surface area contributed by atoms with Crippen LogP contribution in [0.2, 0.25) is 0 Å². The van der Waals surface area contributed by atoms with Gasteiger partial charge >= 0.3 is 7.60 Å². The zero-order valence-corrected chi connectivity index (χ0v) is 14.7. The third-order valence-corrected chi connectivity index (χ3v) is 5.09. The van der Waals surface area contributed by atoms with E-state index < -0.39 is 13.3 Å². The Labute approximate surface area is 140 Å². The van der Waals surface area contributed by atoms with Crippen molar-refractivity contribution >= 4 is 7.60 Å². The zero-order chi connectivity index (χ0) is 18.1. The molecule has 0 aliphatic rings. The van der Waals surface area contributed by atoms with E-state index in [0.717, 1.165) is 0 Å². The maximum atomic E-state index is 11.4. The highest BCUT2D eigenvalue weighted by molar-refractivity contribution is 7.52. The van der Waals surface area contributed by atoms with Gasteiger partial charge in [-0.3, -0.25) is 9.55 Å². The fraction of sp³-hybridized carbons (Fsp3) is 0.312. The Hall–Kier alpha value is -2.08. The van der Waals surface area contributed by atoms with Crippen LogP contribution in [0.5, 0.6) is 17.2 Å². The molecule has 2 rings (SSSR count). The van der Waals surface area contributed by atoms with Gasteiger partial charge in [-0.15, -0.1) is 0 Å². The summed E-state index contributed by atoms with van der Waals surface area (Å²) in [5, 5.41) is 9.97. The maximum absolute atomic E-state index is 11.4. The number of aryl methyl sites for hydroxylation is 1. The SMILES string of the molecule is COc1cc(-c2cnc(C(C)P(=O)(O)O)c(C)c2)cc(OC)c1O. The Morgan fingerprint density at radius 1 is 1.08 bits per heavy atom. The first-order chi connectivity index (χ1) is 11.2. The number of hydrogen-bond donors (Lipinski definition) is 3. The summed E-state index contributed by atoms with van der Waals surface area (Å²) in [4.78, 5) is 22.9. The summed E-state index contributed by atoms with van der Waals surface area (Å²) in [5.74, 6) is 0.421. The predicted octanol–water partition coefficient (Wildman–Crippen LogP) is 3.02. The predicted molar refractivity (Wildman–Crippen MR) is 89.6 cm³/mol. The van der Waals surface area contributed by atoms with Crippen LogP contribution in [-0.2, 0) is 4.57 Å². The molecular weight excluding hydrogens is 333 g/mol. The van der Waals surface area contributed by atoms with E-state index in [1.165, 1.54) is 27.3 Å². The first-order valence-corrected chi connectivity index (χ1v) is 8.84. The van der Waals surface area contributed by atoms with Crippen molar-refractivity contribution in [3.8, 4) is 28.4 Å². The number of aromatic nitrogens is 1. The molecule has 0 bridgehead atoms. The molecule has 3 N–H and O–H groups in total. The first-order valence-electron chi connectivity index (χ1n) is 7.16. The van der Waals surface area contributed by atoms with E-state index >= 15 is 0 Å².